The number of carbonyl (C=O) groups excluding carboxylic acids is 1. The molecular weight excluding hydrogens is 244 g/mol. The average molecular weight is 254 g/mol. The summed E-state index contributed by atoms with van der Waals surface area (Å²) in [7, 11) is 0. The summed E-state index contributed by atoms with van der Waals surface area (Å²) in [6.45, 7) is 1.55. The molecular formula is C14H10N2OS. The molecule has 0 atom stereocenters. The summed E-state index contributed by atoms with van der Waals surface area (Å²) < 4.78 is 0. The molecule has 0 amide bonds. The van der Waals surface area contributed by atoms with E-state index in [-0.39, 0.29) is 5.78 Å². The molecule has 0 N–H and O–H groups in total. The van der Waals surface area contributed by atoms with Crippen molar-refractivity contribution in [1.82, 2.24) is 9.97 Å². The lowest BCUT2D eigenvalue weighted by molar-refractivity contribution is 0.102. The van der Waals surface area contributed by atoms with Crippen molar-refractivity contribution in [3.8, 4) is 10.7 Å². The van der Waals surface area contributed by atoms with Crippen molar-refractivity contribution in [2.24, 2.45) is 0 Å². The van der Waals surface area contributed by atoms with Crippen molar-refractivity contribution < 1.29 is 4.79 Å². The van der Waals surface area contributed by atoms with Crippen LogP contribution in [0.5, 0.6) is 0 Å². The van der Waals surface area contributed by atoms with Crippen LogP contribution >= 0.6 is 11.3 Å². The van der Waals surface area contributed by atoms with Crippen molar-refractivity contribution in [2.75, 3.05) is 0 Å². The van der Waals surface area contributed by atoms with Crippen molar-refractivity contribution >= 4 is 27.9 Å². The van der Waals surface area contributed by atoms with Gasteiger partial charge < -0.3 is 0 Å². The van der Waals surface area contributed by atoms with Gasteiger partial charge in [0, 0.05) is 24.7 Å². The first kappa shape index (κ1) is 11.0. The highest BCUT2D eigenvalue weighted by atomic mass is 32.1. The quantitative estimate of drug-likeness (QED) is 0.657. The lowest BCUT2D eigenvalue weighted by Gasteiger charge is -2.01. The van der Waals surface area contributed by atoms with E-state index in [0.29, 0.717) is 4.88 Å². The number of hydrogen-bond donors (Lipinski definition) is 0. The first-order chi connectivity index (χ1) is 8.75. The number of rotatable bonds is 2. The Morgan fingerprint density at radius 2 is 2.00 bits per heavy atom. The Bertz CT molecular complexity index is 728. The number of pyridine rings is 1. The first-order valence-electron chi connectivity index (χ1n) is 5.56. The fourth-order valence-electron chi connectivity index (χ4n) is 1.84. The van der Waals surface area contributed by atoms with Gasteiger partial charge in [-0.1, -0.05) is 24.3 Å². The maximum Gasteiger partial charge on any atom is 0.171 e. The van der Waals surface area contributed by atoms with Crippen LogP contribution < -0.4 is 0 Å². The number of Topliss-reactive ketones (excluding diaryl/α,β-unsaturated/α-hetero) is 1. The number of fused-ring (bicyclic) bond motifs is 1. The van der Waals surface area contributed by atoms with E-state index in [1.165, 1.54) is 11.3 Å². The molecule has 0 spiro atoms. The van der Waals surface area contributed by atoms with E-state index in [2.05, 4.69) is 9.97 Å². The van der Waals surface area contributed by atoms with Gasteiger partial charge in [-0.2, -0.15) is 0 Å². The predicted molar refractivity (Wildman–Crippen MR) is 72.9 cm³/mol. The maximum atomic E-state index is 11.3. The minimum atomic E-state index is 0.0407. The minimum absolute atomic E-state index is 0.0407. The molecule has 2 aromatic heterocycles. The highest BCUT2D eigenvalue weighted by Gasteiger charge is 2.11. The van der Waals surface area contributed by atoms with Gasteiger partial charge in [-0.25, -0.2) is 4.98 Å². The zero-order valence-electron chi connectivity index (χ0n) is 9.75. The molecule has 88 valence electrons. The Labute approximate surface area is 108 Å². The van der Waals surface area contributed by atoms with Gasteiger partial charge in [-0.15, -0.1) is 11.3 Å². The average Bonchev–Trinajstić information content (AvgIpc) is 2.87. The number of benzene rings is 1. The number of aromatic nitrogens is 2. The molecule has 1 aromatic carbocycles. The molecule has 0 aliphatic heterocycles. The smallest absolute Gasteiger partial charge is 0.171 e. The van der Waals surface area contributed by atoms with Gasteiger partial charge in [-0.05, 0) is 11.5 Å². The Balaban J connectivity index is 2.21. The van der Waals surface area contributed by atoms with E-state index in [9.17, 15) is 4.79 Å². The summed E-state index contributed by atoms with van der Waals surface area (Å²) in [6, 6.07) is 10.0. The molecule has 0 unspecified atom stereocenters. The fourth-order valence-corrected chi connectivity index (χ4v) is 2.66. The summed E-state index contributed by atoms with van der Waals surface area (Å²) >= 11 is 1.39. The van der Waals surface area contributed by atoms with Gasteiger partial charge >= 0.3 is 0 Å². The normalized spacial score (nSPS) is 10.7. The second-order valence-electron chi connectivity index (χ2n) is 3.97. The highest BCUT2D eigenvalue weighted by Crippen LogP contribution is 2.29. The van der Waals surface area contributed by atoms with Crippen LogP contribution in [0.3, 0.4) is 0 Å². The summed E-state index contributed by atoms with van der Waals surface area (Å²) in [5, 5.41) is 2.98. The van der Waals surface area contributed by atoms with Crippen LogP contribution in [0.2, 0.25) is 0 Å². The zero-order valence-corrected chi connectivity index (χ0v) is 10.6. The minimum Gasteiger partial charge on any atom is -0.294 e. The number of nitrogens with zero attached hydrogens (tertiary/aromatic N) is 2. The van der Waals surface area contributed by atoms with Gasteiger partial charge in [0.2, 0.25) is 0 Å². The van der Waals surface area contributed by atoms with Crippen LogP contribution in [0.15, 0.2) is 42.7 Å². The monoisotopic (exact) mass is 254 g/mol. The molecule has 0 saturated carbocycles. The maximum absolute atomic E-state index is 11.3. The highest BCUT2D eigenvalue weighted by molar-refractivity contribution is 7.17. The molecule has 0 aliphatic carbocycles. The summed E-state index contributed by atoms with van der Waals surface area (Å²) in [5.74, 6) is 0.0407. The summed E-state index contributed by atoms with van der Waals surface area (Å²) in [6.07, 6.45) is 3.39. The molecule has 0 fully saturated rings. The lowest BCUT2D eigenvalue weighted by atomic mass is 10.1. The molecule has 0 radical (unpaired) electrons. The van der Waals surface area contributed by atoms with Gasteiger partial charge in [0.1, 0.15) is 10.7 Å². The van der Waals surface area contributed by atoms with Crippen molar-refractivity contribution in [3.63, 3.8) is 0 Å². The molecule has 3 aromatic rings. The molecule has 3 nitrogen and oxygen atoms in total. The Morgan fingerprint density at radius 3 is 2.78 bits per heavy atom. The van der Waals surface area contributed by atoms with Gasteiger partial charge in [0.05, 0.1) is 4.88 Å². The third-order valence-corrected chi connectivity index (χ3v) is 3.83. The van der Waals surface area contributed by atoms with E-state index >= 15 is 0 Å². The van der Waals surface area contributed by atoms with E-state index in [0.717, 1.165) is 21.5 Å². The van der Waals surface area contributed by atoms with Crippen molar-refractivity contribution in [2.45, 2.75) is 6.92 Å². The third-order valence-electron chi connectivity index (χ3n) is 2.73. The van der Waals surface area contributed by atoms with Crippen LogP contribution in [0.1, 0.15) is 16.6 Å². The van der Waals surface area contributed by atoms with E-state index in [1.54, 1.807) is 19.3 Å². The fraction of sp³-hybridized carbons (Fsp3) is 0.0714. The number of hydrogen-bond acceptors (Lipinski definition) is 4. The zero-order chi connectivity index (χ0) is 12.5. The second kappa shape index (κ2) is 4.31. The van der Waals surface area contributed by atoms with Crippen LogP contribution in [0, 0.1) is 0 Å². The Hall–Kier alpha value is -2.07. The SMILES string of the molecule is CC(=O)c1cnc(-c2nccc3ccccc23)s1. The lowest BCUT2D eigenvalue weighted by Crippen LogP contribution is -1.84. The molecule has 2 heterocycles. The van der Waals surface area contributed by atoms with Gasteiger partial charge in [-0.3, -0.25) is 9.78 Å². The van der Waals surface area contributed by atoms with Crippen LogP contribution in [0.4, 0.5) is 0 Å². The van der Waals surface area contributed by atoms with Crippen LogP contribution in [0.25, 0.3) is 21.5 Å². The first-order valence-corrected chi connectivity index (χ1v) is 6.38. The molecule has 3 rings (SSSR count). The Kier molecular flexibility index (Phi) is 2.64. The third kappa shape index (κ3) is 1.80. The van der Waals surface area contributed by atoms with Gasteiger partial charge in [0.15, 0.2) is 5.78 Å². The number of carbonyl (C=O) groups is 1. The molecule has 18 heavy (non-hydrogen) atoms. The molecule has 4 heteroatoms. The van der Waals surface area contributed by atoms with Crippen molar-refractivity contribution in [3.05, 3.63) is 47.6 Å². The largest absolute Gasteiger partial charge is 0.294 e. The number of thiazole rings is 1. The predicted octanol–water partition coefficient (Wildman–Crippen LogP) is 3.56. The van der Waals surface area contributed by atoms with E-state index in [1.807, 2.05) is 30.3 Å². The van der Waals surface area contributed by atoms with E-state index in [4.69, 9.17) is 0 Å². The molecule has 0 saturated heterocycles. The second-order valence-corrected chi connectivity index (χ2v) is 5.00. The standard InChI is InChI=1S/C14H10N2OS/c1-9(17)12-8-16-14(18-12)13-11-5-3-2-4-10(11)6-7-15-13/h2-8H,1H3. The topological polar surface area (TPSA) is 42.9 Å². The van der Waals surface area contributed by atoms with Crippen molar-refractivity contribution in [1.29, 1.82) is 0 Å². The molecule has 0 aliphatic rings. The van der Waals surface area contributed by atoms with Crippen LogP contribution in [-0.4, -0.2) is 15.8 Å². The number of ketones is 1. The Morgan fingerprint density at radius 1 is 1.17 bits per heavy atom. The summed E-state index contributed by atoms with van der Waals surface area (Å²) in [5.41, 5.74) is 0.839. The van der Waals surface area contributed by atoms with E-state index < -0.39 is 0 Å². The summed E-state index contributed by atoms with van der Waals surface area (Å²) in [4.78, 5) is 20.6. The molecule has 0 bridgehead atoms. The van der Waals surface area contributed by atoms with Crippen LogP contribution in [-0.2, 0) is 0 Å². The van der Waals surface area contributed by atoms with Gasteiger partial charge in [0.25, 0.3) is 0 Å².